The van der Waals surface area contributed by atoms with Crippen molar-refractivity contribution in [1.82, 2.24) is 4.57 Å². The number of aromatic nitrogens is 1. The SMILES string of the molecule is NC(=O)n1c(N2CCC(Cc3ccccc3)CC2)cc2ccccc21. The summed E-state index contributed by atoms with van der Waals surface area (Å²) in [5.41, 5.74) is 7.95. The van der Waals surface area contributed by atoms with Crippen LogP contribution in [0.4, 0.5) is 10.6 Å². The molecule has 1 amide bonds. The highest BCUT2D eigenvalue weighted by atomic mass is 16.2. The second-order valence-corrected chi connectivity index (χ2v) is 6.86. The molecule has 0 atom stereocenters. The topological polar surface area (TPSA) is 51.3 Å². The number of anilines is 1. The number of hydrogen-bond acceptors (Lipinski definition) is 2. The second-order valence-electron chi connectivity index (χ2n) is 6.86. The summed E-state index contributed by atoms with van der Waals surface area (Å²) < 4.78 is 1.65. The Bertz CT molecular complexity index is 877. The molecule has 1 fully saturated rings. The van der Waals surface area contributed by atoms with E-state index >= 15 is 0 Å². The zero-order chi connectivity index (χ0) is 17.2. The summed E-state index contributed by atoms with van der Waals surface area (Å²) >= 11 is 0. The fourth-order valence-electron chi connectivity index (χ4n) is 3.92. The quantitative estimate of drug-likeness (QED) is 0.787. The zero-order valence-electron chi connectivity index (χ0n) is 14.3. The highest BCUT2D eigenvalue weighted by Crippen LogP contribution is 2.30. The molecule has 0 bridgehead atoms. The third kappa shape index (κ3) is 3.12. The maximum Gasteiger partial charge on any atom is 0.325 e. The monoisotopic (exact) mass is 333 g/mol. The molecule has 2 heterocycles. The standard InChI is InChI=1S/C21H23N3O/c22-21(25)24-19-9-5-4-8-18(19)15-20(24)23-12-10-17(11-13-23)14-16-6-2-1-3-7-16/h1-9,15,17H,10-14H2,(H2,22,25). The molecule has 1 aliphatic heterocycles. The number of benzene rings is 2. The van der Waals surface area contributed by atoms with E-state index in [-0.39, 0.29) is 0 Å². The van der Waals surface area contributed by atoms with Gasteiger partial charge >= 0.3 is 6.03 Å². The second kappa shape index (κ2) is 6.63. The van der Waals surface area contributed by atoms with E-state index in [1.807, 2.05) is 24.3 Å². The van der Waals surface area contributed by atoms with Crippen LogP contribution in [0.25, 0.3) is 10.9 Å². The van der Waals surface area contributed by atoms with Gasteiger partial charge in [-0.25, -0.2) is 9.36 Å². The summed E-state index contributed by atoms with van der Waals surface area (Å²) in [6.45, 7) is 1.92. The van der Waals surface area contributed by atoms with Crippen LogP contribution in [0.15, 0.2) is 60.7 Å². The van der Waals surface area contributed by atoms with Crippen molar-refractivity contribution in [2.24, 2.45) is 11.7 Å². The molecule has 1 aromatic heterocycles. The number of nitrogens with zero attached hydrogens (tertiary/aromatic N) is 2. The number of rotatable bonds is 3. The first-order valence-electron chi connectivity index (χ1n) is 8.91. The van der Waals surface area contributed by atoms with Crippen molar-refractivity contribution in [1.29, 1.82) is 0 Å². The van der Waals surface area contributed by atoms with Crippen molar-refractivity contribution in [3.63, 3.8) is 0 Å². The normalized spacial score (nSPS) is 15.6. The fourth-order valence-corrected chi connectivity index (χ4v) is 3.92. The number of fused-ring (bicyclic) bond motifs is 1. The van der Waals surface area contributed by atoms with Crippen LogP contribution in [0, 0.1) is 5.92 Å². The Morgan fingerprint density at radius 3 is 2.40 bits per heavy atom. The number of carbonyl (C=O) groups excluding carboxylic acids is 1. The first-order chi connectivity index (χ1) is 12.2. The van der Waals surface area contributed by atoms with Gasteiger partial charge in [-0.1, -0.05) is 48.5 Å². The minimum atomic E-state index is -0.414. The van der Waals surface area contributed by atoms with Gasteiger partial charge < -0.3 is 10.6 Å². The van der Waals surface area contributed by atoms with E-state index in [2.05, 4.69) is 41.3 Å². The molecule has 0 aliphatic carbocycles. The lowest BCUT2D eigenvalue weighted by Crippen LogP contribution is -2.37. The first-order valence-corrected chi connectivity index (χ1v) is 8.91. The van der Waals surface area contributed by atoms with E-state index in [1.54, 1.807) is 4.57 Å². The molecule has 4 rings (SSSR count). The average molecular weight is 333 g/mol. The molecule has 2 N–H and O–H groups in total. The summed E-state index contributed by atoms with van der Waals surface area (Å²) in [5.74, 6) is 1.62. The lowest BCUT2D eigenvalue weighted by molar-refractivity contribution is 0.251. The van der Waals surface area contributed by atoms with Gasteiger partial charge in [0.2, 0.25) is 0 Å². The molecule has 3 aromatic rings. The van der Waals surface area contributed by atoms with Gasteiger partial charge in [0, 0.05) is 18.5 Å². The van der Waals surface area contributed by atoms with E-state index in [1.165, 1.54) is 5.56 Å². The summed E-state index contributed by atoms with van der Waals surface area (Å²) in [5, 5.41) is 1.06. The molecule has 4 heteroatoms. The molecule has 0 saturated carbocycles. The molecular weight excluding hydrogens is 310 g/mol. The molecule has 0 radical (unpaired) electrons. The van der Waals surface area contributed by atoms with Crippen molar-refractivity contribution in [2.45, 2.75) is 19.3 Å². The maximum absolute atomic E-state index is 12.0. The van der Waals surface area contributed by atoms with Crippen LogP contribution in [-0.2, 0) is 6.42 Å². The average Bonchev–Trinajstić information content (AvgIpc) is 3.03. The molecular formula is C21H23N3O. The third-order valence-corrected chi connectivity index (χ3v) is 5.22. The van der Waals surface area contributed by atoms with Crippen molar-refractivity contribution < 1.29 is 4.79 Å². The minimum absolute atomic E-state index is 0.414. The van der Waals surface area contributed by atoms with E-state index in [9.17, 15) is 4.79 Å². The summed E-state index contributed by atoms with van der Waals surface area (Å²) in [6.07, 6.45) is 3.40. The fraction of sp³-hybridized carbons (Fsp3) is 0.286. The Labute approximate surface area is 147 Å². The molecule has 128 valence electrons. The van der Waals surface area contributed by atoms with E-state index < -0.39 is 6.03 Å². The Kier molecular flexibility index (Phi) is 4.18. The summed E-state index contributed by atoms with van der Waals surface area (Å²) in [6, 6.07) is 20.3. The van der Waals surface area contributed by atoms with Gasteiger partial charge in [-0.3, -0.25) is 0 Å². The number of nitrogens with two attached hydrogens (primary N) is 1. The molecule has 1 aliphatic rings. The van der Waals surface area contributed by atoms with Crippen molar-refractivity contribution in [3.8, 4) is 0 Å². The molecule has 0 spiro atoms. The van der Waals surface area contributed by atoms with Crippen molar-refractivity contribution >= 4 is 22.8 Å². The summed E-state index contributed by atoms with van der Waals surface area (Å²) in [7, 11) is 0. The van der Waals surface area contributed by atoms with E-state index in [0.29, 0.717) is 5.92 Å². The molecule has 2 aromatic carbocycles. The van der Waals surface area contributed by atoms with Crippen LogP contribution < -0.4 is 10.6 Å². The number of carbonyl (C=O) groups is 1. The predicted molar refractivity (Wildman–Crippen MR) is 102 cm³/mol. The van der Waals surface area contributed by atoms with Crippen molar-refractivity contribution in [2.75, 3.05) is 18.0 Å². The Morgan fingerprint density at radius 1 is 1.00 bits per heavy atom. The third-order valence-electron chi connectivity index (χ3n) is 5.22. The molecule has 4 nitrogen and oxygen atoms in total. The van der Waals surface area contributed by atoms with Gasteiger partial charge in [0.05, 0.1) is 5.52 Å². The number of primary amides is 1. The zero-order valence-corrected chi connectivity index (χ0v) is 14.3. The molecule has 1 saturated heterocycles. The lowest BCUT2D eigenvalue weighted by Gasteiger charge is -2.33. The number of hydrogen-bond donors (Lipinski definition) is 1. The minimum Gasteiger partial charge on any atom is -0.358 e. The van der Waals surface area contributed by atoms with Crippen LogP contribution in [0.2, 0.25) is 0 Å². The van der Waals surface area contributed by atoms with E-state index in [0.717, 1.165) is 49.1 Å². The van der Waals surface area contributed by atoms with Gasteiger partial charge in [-0.15, -0.1) is 0 Å². The predicted octanol–water partition coefficient (Wildman–Crippen LogP) is 4.03. The molecule has 25 heavy (non-hydrogen) atoms. The van der Waals surface area contributed by atoms with Crippen LogP contribution >= 0.6 is 0 Å². The highest BCUT2D eigenvalue weighted by Gasteiger charge is 2.24. The van der Waals surface area contributed by atoms with Crippen LogP contribution in [0.1, 0.15) is 18.4 Å². The number of amides is 1. The molecule has 0 unspecified atom stereocenters. The number of piperidine rings is 1. The van der Waals surface area contributed by atoms with Gasteiger partial charge in [0.1, 0.15) is 5.82 Å². The largest absolute Gasteiger partial charge is 0.358 e. The Morgan fingerprint density at radius 2 is 1.68 bits per heavy atom. The number of para-hydroxylation sites is 1. The lowest BCUT2D eigenvalue weighted by atomic mass is 9.90. The summed E-state index contributed by atoms with van der Waals surface area (Å²) in [4.78, 5) is 14.3. The smallest absolute Gasteiger partial charge is 0.325 e. The van der Waals surface area contributed by atoms with E-state index in [4.69, 9.17) is 5.73 Å². The van der Waals surface area contributed by atoms with Crippen LogP contribution in [0.3, 0.4) is 0 Å². The van der Waals surface area contributed by atoms with Crippen LogP contribution in [-0.4, -0.2) is 23.7 Å². The highest BCUT2D eigenvalue weighted by molar-refractivity contribution is 5.96. The van der Waals surface area contributed by atoms with Gasteiger partial charge in [-0.2, -0.15) is 0 Å². The van der Waals surface area contributed by atoms with Gasteiger partial charge in [0.15, 0.2) is 0 Å². The first kappa shape index (κ1) is 15.8. The van der Waals surface area contributed by atoms with Gasteiger partial charge in [-0.05, 0) is 42.9 Å². The van der Waals surface area contributed by atoms with Crippen LogP contribution in [0.5, 0.6) is 0 Å². The maximum atomic E-state index is 12.0. The van der Waals surface area contributed by atoms with Crippen molar-refractivity contribution in [3.05, 3.63) is 66.2 Å². The Hall–Kier alpha value is -2.75. The Balaban J connectivity index is 1.52. The van der Waals surface area contributed by atoms with Gasteiger partial charge in [0.25, 0.3) is 0 Å².